The lowest BCUT2D eigenvalue weighted by Crippen LogP contribution is -2.21. The van der Waals surface area contributed by atoms with E-state index in [0.29, 0.717) is 0 Å². The van der Waals surface area contributed by atoms with E-state index in [9.17, 15) is 8.42 Å². The van der Waals surface area contributed by atoms with Crippen molar-refractivity contribution in [1.29, 1.82) is 0 Å². The molecule has 0 spiro atoms. The predicted octanol–water partition coefficient (Wildman–Crippen LogP) is 3.95. The third kappa shape index (κ3) is 4.23. The molecule has 2 aromatic rings. The summed E-state index contributed by atoms with van der Waals surface area (Å²) in [6, 6.07) is 14.7. The van der Waals surface area contributed by atoms with E-state index in [1.807, 2.05) is 31.2 Å². The maximum Gasteiger partial charge on any atom is 0.278 e. The van der Waals surface area contributed by atoms with Crippen LogP contribution in [0.2, 0.25) is 0 Å². The van der Waals surface area contributed by atoms with Crippen molar-refractivity contribution in [3.05, 3.63) is 65.2 Å². The molecule has 0 atom stereocenters. The molecule has 0 aliphatic carbocycles. The normalized spacial score (nSPS) is 12.5. The summed E-state index contributed by atoms with van der Waals surface area (Å²) in [6.45, 7) is 8.37. The molecule has 2 rings (SSSR count). The van der Waals surface area contributed by atoms with Crippen LogP contribution in [-0.2, 0) is 15.4 Å². The summed E-state index contributed by atoms with van der Waals surface area (Å²) in [5.41, 5.74) is 3.18. The zero-order valence-corrected chi connectivity index (χ0v) is 15.6. The molecule has 0 aromatic heterocycles. The van der Waals surface area contributed by atoms with Gasteiger partial charge in [0.15, 0.2) is 0 Å². The van der Waals surface area contributed by atoms with Gasteiger partial charge in [-0.1, -0.05) is 62.7 Å². The molecule has 0 bridgehead atoms. The average Bonchev–Trinajstić information content (AvgIpc) is 2.52. The van der Waals surface area contributed by atoms with Gasteiger partial charge in [-0.05, 0) is 35.6 Å². The van der Waals surface area contributed by atoms with E-state index in [1.165, 1.54) is 12.6 Å². The summed E-state index contributed by atoms with van der Waals surface area (Å²) in [6.07, 6.45) is 1.55. The van der Waals surface area contributed by atoms with E-state index in [4.69, 9.17) is 0 Å². The lowest BCUT2D eigenvalue weighted by Gasteiger charge is -2.18. The Hall–Kier alpha value is -2.14. The van der Waals surface area contributed by atoms with Crippen LogP contribution < -0.4 is 0 Å². The minimum absolute atomic E-state index is 0.0846. The Kier molecular flexibility index (Phi) is 5.13. The lowest BCUT2D eigenvalue weighted by molar-refractivity contribution is 0.491. The number of hydrogen-bond acceptors (Lipinski definition) is 3. The highest BCUT2D eigenvalue weighted by atomic mass is 32.2. The van der Waals surface area contributed by atoms with Crippen molar-refractivity contribution in [2.75, 3.05) is 7.05 Å². The summed E-state index contributed by atoms with van der Waals surface area (Å²) >= 11 is 0. The summed E-state index contributed by atoms with van der Waals surface area (Å²) in [5.74, 6) is 0. The molecule has 0 aliphatic rings. The second-order valence-corrected chi connectivity index (χ2v) is 8.82. The van der Waals surface area contributed by atoms with Gasteiger partial charge in [0.1, 0.15) is 0 Å². The van der Waals surface area contributed by atoms with Gasteiger partial charge in [-0.2, -0.15) is 17.9 Å². The first-order valence-corrected chi connectivity index (χ1v) is 9.25. The molecule has 0 unspecified atom stereocenters. The largest absolute Gasteiger partial charge is 0.278 e. The Morgan fingerprint density at radius 1 is 0.958 bits per heavy atom. The molecule has 128 valence electrons. The van der Waals surface area contributed by atoms with Crippen LogP contribution in [0.25, 0.3) is 0 Å². The van der Waals surface area contributed by atoms with Crippen molar-refractivity contribution in [2.24, 2.45) is 5.10 Å². The minimum atomic E-state index is -3.62. The van der Waals surface area contributed by atoms with Crippen LogP contribution in [-0.4, -0.2) is 26.1 Å². The summed E-state index contributed by atoms with van der Waals surface area (Å²) in [5, 5.41) is 4.08. The van der Waals surface area contributed by atoms with Crippen LogP contribution in [0.1, 0.15) is 37.5 Å². The van der Waals surface area contributed by atoms with Gasteiger partial charge in [0.05, 0.1) is 11.1 Å². The molecule has 0 amide bonds. The second-order valence-electron chi connectivity index (χ2n) is 6.87. The van der Waals surface area contributed by atoms with E-state index < -0.39 is 10.0 Å². The second kappa shape index (κ2) is 6.77. The van der Waals surface area contributed by atoms with Crippen molar-refractivity contribution < 1.29 is 8.42 Å². The molecule has 0 aliphatic heterocycles. The summed E-state index contributed by atoms with van der Waals surface area (Å²) in [4.78, 5) is 0.232. The van der Waals surface area contributed by atoms with E-state index in [0.717, 1.165) is 15.5 Å². The molecule has 0 saturated heterocycles. The van der Waals surface area contributed by atoms with Crippen molar-refractivity contribution in [3.8, 4) is 0 Å². The zero-order valence-electron chi connectivity index (χ0n) is 14.8. The first kappa shape index (κ1) is 18.2. The minimum Gasteiger partial charge on any atom is -0.200 e. The Balaban J connectivity index is 2.17. The fourth-order valence-corrected chi connectivity index (χ4v) is 3.10. The van der Waals surface area contributed by atoms with Crippen LogP contribution >= 0.6 is 0 Å². The molecule has 0 heterocycles. The molecule has 0 saturated carbocycles. The highest BCUT2D eigenvalue weighted by molar-refractivity contribution is 7.89. The fourth-order valence-electron chi connectivity index (χ4n) is 2.14. The van der Waals surface area contributed by atoms with Crippen molar-refractivity contribution in [3.63, 3.8) is 0 Å². The summed E-state index contributed by atoms with van der Waals surface area (Å²) in [7, 11) is -2.18. The number of sulfonamides is 1. The van der Waals surface area contributed by atoms with Crippen molar-refractivity contribution >= 4 is 16.2 Å². The monoisotopic (exact) mass is 344 g/mol. The highest BCUT2D eigenvalue weighted by Gasteiger charge is 2.18. The Morgan fingerprint density at radius 3 is 2.00 bits per heavy atom. The maximum atomic E-state index is 12.5. The lowest BCUT2D eigenvalue weighted by atomic mass is 9.87. The van der Waals surface area contributed by atoms with Gasteiger partial charge in [0.2, 0.25) is 0 Å². The molecule has 2 aromatic carbocycles. The quantitative estimate of drug-likeness (QED) is 0.623. The van der Waals surface area contributed by atoms with Gasteiger partial charge in [0.25, 0.3) is 10.0 Å². The third-order valence-corrected chi connectivity index (χ3v) is 5.47. The third-order valence-electron chi connectivity index (χ3n) is 3.81. The van der Waals surface area contributed by atoms with Crippen molar-refractivity contribution in [1.82, 2.24) is 4.41 Å². The molecule has 0 radical (unpaired) electrons. The van der Waals surface area contributed by atoms with Gasteiger partial charge in [-0.15, -0.1) is 0 Å². The molecular weight excluding hydrogens is 320 g/mol. The molecule has 24 heavy (non-hydrogen) atoms. The standard InChI is InChI=1S/C19H24N2O2S/c1-15-6-12-18(13-7-15)24(22,23)21(5)20-14-16-8-10-17(11-9-16)19(2,3)4/h6-14H,1-5H3. The topological polar surface area (TPSA) is 49.7 Å². The summed E-state index contributed by atoms with van der Waals surface area (Å²) < 4.78 is 25.9. The van der Waals surface area contributed by atoms with Crippen molar-refractivity contribution in [2.45, 2.75) is 38.0 Å². The Bertz CT molecular complexity index is 815. The number of hydrazone groups is 1. The Morgan fingerprint density at radius 2 is 1.50 bits per heavy atom. The molecule has 0 N–H and O–H groups in total. The smallest absolute Gasteiger partial charge is 0.200 e. The Labute approximate surface area is 144 Å². The van der Waals surface area contributed by atoms with Gasteiger partial charge < -0.3 is 0 Å². The van der Waals surface area contributed by atoms with Gasteiger partial charge in [0, 0.05) is 7.05 Å². The molecule has 0 fully saturated rings. The molecule has 5 heteroatoms. The van der Waals surface area contributed by atoms with Gasteiger partial charge in [-0.3, -0.25) is 0 Å². The number of aryl methyl sites for hydroxylation is 1. The maximum absolute atomic E-state index is 12.5. The zero-order chi connectivity index (χ0) is 18.0. The number of hydrogen-bond donors (Lipinski definition) is 0. The first-order valence-electron chi connectivity index (χ1n) is 7.81. The number of benzene rings is 2. The van der Waals surface area contributed by atoms with E-state index in [-0.39, 0.29) is 10.3 Å². The van der Waals surface area contributed by atoms with E-state index in [1.54, 1.807) is 30.5 Å². The van der Waals surface area contributed by atoms with Crippen LogP contribution in [0.5, 0.6) is 0 Å². The van der Waals surface area contributed by atoms with Crippen LogP contribution in [0, 0.1) is 6.92 Å². The highest BCUT2D eigenvalue weighted by Crippen LogP contribution is 2.22. The molecule has 4 nitrogen and oxygen atoms in total. The van der Waals surface area contributed by atoms with Crippen LogP contribution in [0.15, 0.2) is 58.5 Å². The average molecular weight is 344 g/mol. The van der Waals surface area contributed by atoms with Crippen LogP contribution in [0.4, 0.5) is 0 Å². The van der Waals surface area contributed by atoms with Gasteiger partial charge in [-0.25, -0.2) is 0 Å². The SMILES string of the molecule is Cc1ccc(S(=O)(=O)N(C)N=Cc2ccc(C(C)(C)C)cc2)cc1. The fraction of sp³-hybridized carbons (Fsp3) is 0.316. The van der Waals surface area contributed by atoms with E-state index >= 15 is 0 Å². The first-order chi connectivity index (χ1) is 11.1. The molecular formula is C19H24N2O2S. The van der Waals surface area contributed by atoms with E-state index in [2.05, 4.69) is 25.9 Å². The number of nitrogens with zero attached hydrogens (tertiary/aromatic N) is 2. The predicted molar refractivity (Wildman–Crippen MR) is 98.9 cm³/mol. The number of rotatable bonds is 4. The van der Waals surface area contributed by atoms with Gasteiger partial charge >= 0.3 is 0 Å². The van der Waals surface area contributed by atoms with Crippen LogP contribution in [0.3, 0.4) is 0 Å².